The van der Waals surface area contributed by atoms with E-state index in [2.05, 4.69) is 32.0 Å². The van der Waals surface area contributed by atoms with E-state index >= 15 is 0 Å². The summed E-state index contributed by atoms with van der Waals surface area (Å²) in [5.41, 5.74) is 4.21. The van der Waals surface area contributed by atoms with Gasteiger partial charge in [0, 0.05) is 11.9 Å². The molecule has 4 aromatic rings. The van der Waals surface area contributed by atoms with Crippen LogP contribution in [0.25, 0.3) is 22.7 Å². The minimum atomic E-state index is -0.288. The van der Waals surface area contributed by atoms with E-state index in [0.717, 1.165) is 16.9 Å². The summed E-state index contributed by atoms with van der Waals surface area (Å²) in [4.78, 5) is 30.8. The highest BCUT2D eigenvalue weighted by Crippen LogP contribution is 2.30. The second kappa shape index (κ2) is 8.93. The van der Waals surface area contributed by atoms with Gasteiger partial charge in [0.2, 0.25) is 0 Å². The molecule has 4 rings (SSSR count). The number of para-hydroxylation sites is 1. The van der Waals surface area contributed by atoms with Crippen LogP contribution < -0.4 is 10.9 Å². The number of benzene rings is 1. The van der Waals surface area contributed by atoms with Gasteiger partial charge < -0.3 is 5.32 Å². The second-order valence-electron chi connectivity index (χ2n) is 7.41. The molecule has 0 fully saturated rings. The lowest BCUT2D eigenvalue weighted by molar-refractivity contribution is 0.771. The van der Waals surface area contributed by atoms with Gasteiger partial charge in [0.1, 0.15) is 12.0 Å². The fraction of sp³-hybridized carbons (Fsp3) is 0.160. The molecule has 160 valence electrons. The summed E-state index contributed by atoms with van der Waals surface area (Å²) in [6.07, 6.45) is 6.94. The van der Waals surface area contributed by atoms with Gasteiger partial charge in [-0.1, -0.05) is 24.3 Å². The topological polar surface area (TPSA) is 85.1 Å². The summed E-state index contributed by atoms with van der Waals surface area (Å²) in [6.45, 7) is 9.48. The Balaban J connectivity index is 1.90. The molecule has 1 atom stereocenters. The Morgan fingerprint density at radius 3 is 2.66 bits per heavy atom. The van der Waals surface area contributed by atoms with Crippen molar-refractivity contribution in [3.63, 3.8) is 0 Å². The Bertz CT molecular complexity index is 1370. The molecule has 7 heteroatoms. The summed E-state index contributed by atoms with van der Waals surface area (Å²) in [6, 6.07) is 13.1. The predicted molar refractivity (Wildman–Crippen MR) is 130 cm³/mol. The van der Waals surface area contributed by atoms with E-state index in [9.17, 15) is 4.79 Å². The van der Waals surface area contributed by atoms with Gasteiger partial charge in [0.05, 0.1) is 28.3 Å². The molecule has 0 bridgehead atoms. The molecule has 1 aromatic carbocycles. The van der Waals surface area contributed by atoms with Crippen LogP contribution in [0.1, 0.15) is 36.8 Å². The summed E-state index contributed by atoms with van der Waals surface area (Å²) < 4.78 is 1.73. The maximum absolute atomic E-state index is 13.6. The van der Waals surface area contributed by atoms with E-state index in [0.29, 0.717) is 28.1 Å². The van der Waals surface area contributed by atoms with Crippen molar-refractivity contribution in [2.45, 2.75) is 26.8 Å². The quantitative estimate of drug-likeness (QED) is 0.439. The lowest BCUT2D eigenvalue weighted by atomic mass is 10.1. The van der Waals surface area contributed by atoms with E-state index in [-0.39, 0.29) is 11.6 Å². The summed E-state index contributed by atoms with van der Waals surface area (Å²) in [7, 11) is 0. The molecule has 0 aliphatic carbocycles. The van der Waals surface area contributed by atoms with Crippen LogP contribution in [0.4, 0.5) is 11.5 Å². The first-order chi connectivity index (χ1) is 15.5. The molecule has 0 radical (unpaired) electrons. The molecular weight excluding hydrogens is 400 g/mol. The van der Waals surface area contributed by atoms with Gasteiger partial charge in [-0.15, -0.1) is 0 Å². The van der Waals surface area contributed by atoms with Crippen LogP contribution in [0, 0.1) is 6.92 Å². The van der Waals surface area contributed by atoms with E-state index in [1.165, 1.54) is 6.33 Å². The zero-order chi connectivity index (χ0) is 22.7. The Hall–Kier alpha value is -4.13. The van der Waals surface area contributed by atoms with Crippen LogP contribution in [0.5, 0.6) is 0 Å². The first kappa shape index (κ1) is 21.1. The van der Waals surface area contributed by atoms with E-state index < -0.39 is 0 Å². The number of aliphatic imine (C=N–C) groups is 1. The third-order valence-electron chi connectivity index (χ3n) is 5.29. The van der Waals surface area contributed by atoms with Gasteiger partial charge in [-0.2, -0.15) is 0 Å². The minimum Gasteiger partial charge on any atom is -0.360 e. The Morgan fingerprint density at radius 2 is 1.94 bits per heavy atom. The number of hydrogen-bond acceptors (Lipinski definition) is 6. The number of rotatable bonds is 6. The number of hydrogen-bond donors (Lipinski definition) is 1. The minimum absolute atomic E-state index is 0.109. The molecule has 7 nitrogen and oxygen atoms in total. The normalized spacial score (nSPS) is 12.2. The van der Waals surface area contributed by atoms with Crippen molar-refractivity contribution in [2.24, 2.45) is 4.99 Å². The van der Waals surface area contributed by atoms with Gasteiger partial charge in [-0.25, -0.2) is 9.97 Å². The van der Waals surface area contributed by atoms with Crippen molar-refractivity contribution in [2.75, 3.05) is 5.32 Å². The molecule has 0 saturated carbocycles. The zero-order valence-corrected chi connectivity index (χ0v) is 18.3. The van der Waals surface area contributed by atoms with Crippen molar-refractivity contribution < 1.29 is 0 Å². The van der Waals surface area contributed by atoms with Crippen molar-refractivity contribution in [3.8, 4) is 5.69 Å². The molecule has 0 saturated heterocycles. The SMILES string of the molecule is C=Nc1c(/C=C\C)ncnc1NC(C)c1cc2nccc(C)c2c(=O)n1-c1ccccc1. The molecule has 3 aromatic heterocycles. The Morgan fingerprint density at radius 1 is 1.16 bits per heavy atom. The number of aromatic nitrogens is 4. The third-order valence-corrected chi connectivity index (χ3v) is 5.29. The number of fused-ring (bicyclic) bond motifs is 1. The van der Waals surface area contributed by atoms with Crippen LogP contribution in [0.2, 0.25) is 0 Å². The first-order valence-corrected chi connectivity index (χ1v) is 10.3. The fourth-order valence-corrected chi connectivity index (χ4v) is 3.78. The van der Waals surface area contributed by atoms with Crippen molar-refractivity contribution >= 4 is 35.2 Å². The van der Waals surface area contributed by atoms with Crippen molar-refractivity contribution in [3.05, 3.63) is 88.4 Å². The van der Waals surface area contributed by atoms with Gasteiger partial charge in [-0.05, 0) is 63.4 Å². The lowest BCUT2D eigenvalue weighted by Gasteiger charge is -2.22. The molecule has 1 unspecified atom stereocenters. The molecule has 0 aliphatic rings. The first-order valence-electron chi connectivity index (χ1n) is 10.3. The Kier molecular flexibility index (Phi) is 5.89. The van der Waals surface area contributed by atoms with Crippen LogP contribution in [-0.2, 0) is 0 Å². The average Bonchev–Trinajstić information content (AvgIpc) is 2.80. The smallest absolute Gasteiger partial charge is 0.265 e. The average molecular weight is 425 g/mol. The van der Waals surface area contributed by atoms with Gasteiger partial charge in [0.25, 0.3) is 5.56 Å². The molecule has 1 N–H and O–H groups in total. The molecule has 32 heavy (non-hydrogen) atoms. The lowest BCUT2D eigenvalue weighted by Crippen LogP contribution is -2.26. The number of nitrogens with one attached hydrogen (secondary N) is 1. The second-order valence-corrected chi connectivity index (χ2v) is 7.41. The summed E-state index contributed by atoms with van der Waals surface area (Å²) in [5, 5.41) is 4.00. The number of nitrogens with zero attached hydrogens (tertiary/aromatic N) is 5. The highest BCUT2D eigenvalue weighted by atomic mass is 16.1. The van der Waals surface area contributed by atoms with Gasteiger partial charge >= 0.3 is 0 Å². The van der Waals surface area contributed by atoms with E-state index in [1.54, 1.807) is 10.8 Å². The monoisotopic (exact) mass is 424 g/mol. The summed E-state index contributed by atoms with van der Waals surface area (Å²) >= 11 is 0. The largest absolute Gasteiger partial charge is 0.360 e. The number of allylic oxidation sites excluding steroid dienone is 1. The highest BCUT2D eigenvalue weighted by molar-refractivity contribution is 5.82. The van der Waals surface area contributed by atoms with Gasteiger partial charge in [0.15, 0.2) is 5.82 Å². The maximum atomic E-state index is 13.6. The van der Waals surface area contributed by atoms with Crippen molar-refractivity contribution in [1.29, 1.82) is 0 Å². The van der Waals surface area contributed by atoms with Crippen molar-refractivity contribution in [1.82, 2.24) is 19.5 Å². The van der Waals surface area contributed by atoms with Crippen LogP contribution in [-0.4, -0.2) is 26.2 Å². The van der Waals surface area contributed by atoms with E-state index in [1.807, 2.05) is 75.4 Å². The standard InChI is InChI=1S/C25H24N6O/c1-5-9-19-23(26-4)24(29-15-28-19)30-17(3)21-14-20-22(16(2)12-13-27-20)25(32)31(21)18-10-7-6-8-11-18/h5-15,17H,4H2,1-3H3,(H,28,29,30)/b9-5-. The molecule has 0 aliphatic heterocycles. The third kappa shape index (κ3) is 3.80. The zero-order valence-electron chi connectivity index (χ0n) is 18.3. The number of pyridine rings is 2. The Labute approximate surface area is 186 Å². The van der Waals surface area contributed by atoms with Crippen LogP contribution in [0.3, 0.4) is 0 Å². The molecular formula is C25H24N6O. The highest BCUT2D eigenvalue weighted by Gasteiger charge is 2.19. The van der Waals surface area contributed by atoms with Gasteiger partial charge in [-0.3, -0.25) is 19.3 Å². The fourth-order valence-electron chi connectivity index (χ4n) is 3.78. The maximum Gasteiger partial charge on any atom is 0.265 e. The van der Waals surface area contributed by atoms with Crippen LogP contribution >= 0.6 is 0 Å². The predicted octanol–water partition coefficient (Wildman–Crippen LogP) is 5.02. The number of anilines is 1. The molecule has 0 spiro atoms. The van der Waals surface area contributed by atoms with Crippen LogP contribution in [0.15, 0.2) is 70.9 Å². The van der Waals surface area contributed by atoms with E-state index in [4.69, 9.17) is 0 Å². The molecule has 0 amide bonds. The molecule has 3 heterocycles. The summed E-state index contributed by atoms with van der Waals surface area (Å²) in [5.74, 6) is 0.542. The number of aryl methyl sites for hydroxylation is 1.